The SMILES string of the molecule is CC(C)(C)CCS(=O)(=O)N1CC[C@H](O)C1. The first-order valence-electron chi connectivity index (χ1n) is 5.37. The first-order valence-corrected chi connectivity index (χ1v) is 6.97. The highest BCUT2D eigenvalue weighted by Crippen LogP contribution is 2.22. The lowest BCUT2D eigenvalue weighted by atomic mass is 9.94. The zero-order chi connectivity index (χ0) is 11.7. The molecule has 1 fully saturated rings. The van der Waals surface area contributed by atoms with Gasteiger partial charge in [0.2, 0.25) is 10.0 Å². The van der Waals surface area contributed by atoms with E-state index in [-0.39, 0.29) is 17.7 Å². The molecule has 1 rings (SSSR count). The maximum Gasteiger partial charge on any atom is 0.214 e. The summed E-state index contributed by atoms with van der Waals surface area (Å²) in [6, 6.07) is 0. The van der Waals surface area contributed by atoms with Crippen molar-refractivity contribution in [3.63, 3.8) is 0 Å². The molecular weight excluding hydrogens is 214 g/mol. The summed E-state index contributed by atoms with van der Waals surface area (Å²) >= 11 is 0. The number of sulfonamides is 1. The van der Waals surface area contributed by atoms with Crippen molar-refractivity contribution >= 4 is 10.0 Å². The van der Waals surface area contributed by atoms with Gasteiger partial charge in [-0.25, -0.2) is 8.42 Å². The summed E-state index contributed by atoms with van der Waals surface area (Å²) in [6.07, 6.45) is 0.742. The van der Waals surface area contributed by atoms with Crippen molar-refractivity contribution in [2.75, 3.05) is 18.8 Å². The van der Waals surface area contributed by atoms with Gasteiger partial charge in [0.25, 0.3) is 0 Å². The summed E-state index contributed by atoms with van der Waals surface area (Å²) in [4.78, 5) is 0. The molecule has 0 bridgehead atoms. The van der Waals surface area contributed by atoms with Gasteiger partial charge < -0.3 is 5.11 Å². The molecule has 0 radical (unpaired) electrons. The fourth-order valence-corrected chi connectivity index (χ4v) is 3.44. The van der Waals surface area contributed by atoms with Crippen LogP contribution >= 0.6 is 0 Å². The van der Waals surface area contributed by atoms with Gasteiger partial charge in [0, 0.05) is 13.1 Å². The average molecular weight is 235 g/mol. The second kappa shape index (κ2) is 4.39. The number of aliphatic hydroxyl groups is 1. The fraction of sp³-hybridized carbons (Fsp3) is 1.00. The van der Waals surface area contributed by atoms with Gasteiger partial charge in [-0.2, -0.15) is 4.31 Å². The number of β-amino-alcohol motifs (C(OH)–C–C–N with tert-alkyl or cyclic N) is 1. The molecule has 0 aromatic heterocycles. The van der Waals surface area contributed by atoms with E-state index >= 15 is 0 Å². The Bertz CT molecular complexity index is 305. The molecule has 0 saturated carbocycles. The molecule has 0 unspecified atom stereocenters. The van der Waals surface area contributed by atoms with Crippen molar-refractivity contribution < 1.29 is 13.5 Å². The summed E-state index contributed by atoms with van der Waals surface area (Å²) in [7, 11) is -3.15. The molecule has 1 saturated heterocycles. The number of aliphatic hydroxyl groups excluding tert-OH is 1. The highest BCUT2D eigenvalue weighted by molar-refractivity contribution is 7.89. The van der Waals surface area contributed by atoms with E-state index in [0.29, 0.717) is 19.4 Å². The molecule has 1 heterocycles. The molecular formula is C10H21NO3S. The van der Waals surface area contributed by atoms with Gasteiger partial charge >= 0.3 is 0 Å². The Morgan fingerprint density at radius 3 is 2.40 bits per heavy atom. The molecule has 4 nitrogen and oxygen atoms in total. The molecule has 5 heteroatoms. The summed E-state index contributed by atoms with van der Waals surface area (Å²) in [5.74, 6) is 0.184. The lowest BCUT2D eigenvalue weighted by molar-refractivity contribution is 0.189. The quantitative estimate of drug-likeness (QED) is 0.788. The summed E-state index contributed by atoms with van der Waals surface area (Å²) in [6.45, 7) is 6.82. The van der Waals surface area contributed by atoms with Gasteiger partial charge in [-0.05, 0) is 18.3 Å². The topological polar surface area (TPSA) is 57.6 Å². The van der Waals surface area contributed by atoms with Crippen molar-refractivity contribution in [3.8, 4) is 0 Å². The van der Waals surface area contributed by atoms with Gasteiger partial charge in [-0.15, -0.1) is 0 Å². The lowest BCUT2D eigenvalue weighted by Gasteiger charge is -2.21. The van der Waals surface area contributed by atoms with Crippen molar-refractivity contribution in [3.05, 3.63) is 0 Å². The number of hydrogen-bond acceptors (Lipinski definition) is 3. The van der Waals surface area contributed by atoms with Crippen molar-refractivity contribution in [2.45, 2.75) is 39.7 Å². The second-order valence-corrected chi connectivity index (χ2v) is 7.52. The zero-order valence-electron chi connectivity index (χ0n) is 9.73. The minimum atomic E-state index is -3.15. The second-order valence-electron chi connectivity index (χ2n) is 5.43. The minimum Gasteiger partial charge on any atom is -0.392 e. The highest BCUT2D eigenvalue weighted by Gasteiger charge is 2.30. The van der Waals surface area contributed by atoms with Crippen LogP contribution < -0.4 is 0 Å². The molecule has 0 aromatic rings. The van der Waals surface area contributed by atoms with E-state index in [0.717, 1.165) is 0 Å². The Morgan fingerprint density at radius 1 is 1.40 bits per heavy atom. The van der Waals surface area contributed by atoms with Crippen LogP contribution in [0.4, 0.5) is 0 Å². The third kappa shape index (κ3) is 4.09. The van der Waals surface area contributed by atoms with Gasteiger partial charge in [0.05, 0.1) is 11.9 Å². The first kappa shape index (κ1) is 12.9. The Kier molecular flexibility index (Phi) is 3.79. The van der Waals surface area contributed by atoms with Gasteiger partial charge in [-0.1, -0.05) is 20.8 Å². The molecule has 1 aliphatic heterocycles. The van der Waals surface area contributed by atoms with E-state index in [1.165, 1.54) is 4.31 Å². The van der Waals surface area contributed by atoms with Gasteiger partial charge in [0.1, 0.15) is 0 Å². The standard InChI is InChI=1S/C10H21NO3S/c1-10(2,3)5-7-15(13,14)11-6-4-9(12)8-11/h9,12H,4-8H2,1-3H3/t9-/m0/s1. The molecule has 1 atom stereocenters. The van der Waals surface area contributed by atoms with Crippen LogP contribution in [-0.4, -0.2) is 42.8 Å². The Labute approximate surface area is 92.3 Å². The van der Waals surface area contributed by atoms with Crippen LogP contribution in [0.3, 0.4) is 0 Å². The Balaban J connectivity index is 2.53. The minimum absolute atomic E-state index is 0.0331. The van der Waals surface area contributed by atoms with Gasteiger partial charge in [-0.3, -0.25) is 0 Å². The molecule has 0 aliphatic carbocycles. The predicted octanol–water partition coefficient (Wildman–Crippen LogP) is 0.819. The molecule has 0 amide bonds. The predicted molar refractivity (Wildman–Crippen MR) is 60.1 cm³/mol. The van der Waals surface area contributed by atoms with Crippen LogP contribution in [0.1, 0.15) is 33.6 Å². The third-order valence-electron chi connectivity index (χ3n) is 2.63. The molecule has 90 valence electrons. The smallest absolute Gasteiger partial charge is 0.214 e. The van der Waals surface area contributed by atoms with Crippen LogP contribution in [0.25, 0.3) is 0 Å². The van der Waals surface area contributed by atoms with Crippen LogP contribution in [0, 0.1) is 5.41 Å². The number of rotatable bonds is 3. The van der Waals surface area contributed by atoms with Crippen molar-refractivity contribution in [1.82, 2.24) is 4.31 Å². The normalized spacial score (nSPS) is 24.7. The van der Waals surface area contributed by atoms with Gasteiger partial charge in [0.15, 0.2) is 0 Å². The molecule has 1 N–H and O–H groups in total. The average Bonchev–Trinajstić information content (AvgIpc) is 2.48. The number of nitrogens with zero attached hydrogens (tertiary/aromatic N) is 1. The summed E-state index contributed by atoms with van der Waals surface area (Å²) in [5.41, 5.74) is 0.0331. The Hall–Kier alpha value is -0.130. The first-order chi connectivity index (χ1) is 6.71. The number of hydrogen-bond donors (Lipinski definition) is 1. The highest BCUT2D eigenvalue weighted by atomic mass is 32.2. The van der Waals surface area contributed by atoms with E-state index in [4.69, 9.17) is 0 Å². The van der Waals surface area contributed by atoms with E-state index in [9.17, 15) is 13.5 Å². The van der Waals surface area contributed by atoms with Crippen molar-refractivity contribution in [2.24, 2.45) is 5.41 Å². The van der Waals surface area contributed by atoms with Crippen LogP contribution in [-0.2, 0) is 10.0 Å². The zero-order valence-corrected chi connectivity index (χ0v) is 10.5. The van der Waals surface area contributed by atoms with E-state index in [1.54, 1.807) is 0 Å². The third-order valence-corrected chi connectivity index (χ3v) is 4.47. The van der Waals surface area contributed by atoms with E-state index in [2.05, 4.69) is 0 Å². The molecule has 0 aromatic carbocycles. The van der Waals surface area contributed by atoms with Crippen molar-refractivity contribution in [1.29, 1.82) is 0 Å². The van der Waals surface area contributed by atoms with Crippen LogP contribution in [0.2, 0.25) is 0 Å². The van der Waals surface area contributed by atoms with Crippen LogP contribution in [0.5, 0.6) is 0 Å². The lowest BCUT2D eigenvalue weighted by Crippen LogP contribution is -2.33. The maximum absolute atomic E-state index is 11.8. The Morgan fingerprint density at radius 2 is 2.00 bits per heavy atom. The molecule has 1 aliphatic rings. The molecule has 15 heavy (non-hydrogen) atoms. The summed E-state index contributed by atoms with van der Waals surface area (Å²) < 4.78 is 25.1. The van der Waals surface area contributed by atoms with E-state index < -0.39 is 16.1 Å². The molecule has 0 spiro atoms. The monoisotopic (exact) mass is 235 g/mol. The van der Waals surface area contributed by atoms with Crippen LogP contribution in [0.15, 0.2) is 0 Å². The maximum atomic E-state index is 11.8. The largest absolute Gasteiger partial charge is 0.392 e. The van der Waals surface area contributed by atoms with E-state index in [1.807, 2.05) is 20.8 Å². The summed E-state index contributed by atoms with van der Waals surface area (Å²) in [5, 5.41) is 9.28. The fourth-order valence-electron chi connectivity index (χ4n) is 1.53.